The van der Waals surface area contributed by atoms with Crippen LogP contribution in [0.3, 0.4) is 0 Å². The van der Waals surface area contributed by atoms with Gasteiger partial charge in [0.05, 0.1) is 0 Å². The topological polar surface area (TPSA) is 12.0 Å². The van der Waals surface area contributed by atoms with E-state index in [4.69, 9.17) is 0 Å². The first kappa shape index (κ1) is 11.0. The van der Waals surface area contributed by atoms with Crippen LogP contribution >= 0.6 is 11.8 Å². The molecule has 0 saturated carbocycles. The summed E-state index contributed by atoms with van der Waals surface area (Å²) in [6, 6.07) is 9.85. The fourth-order valence-electron chi connectivity index (χ4n) is 2.18. The molecule has 2 atom stereocenters. The minimum atomic E-state index is 0.481. The molecule has 15 heavy (non-hydrogen) atoms. The number of hydrogen-bond donors (Lipinski definition) is 1. The second-order valence-electron chi connectivity index (χ2n) is 4.31. The van der Waals surface area contributed by atoms with E-state index in [2.05, 4.69) is 55.2 Å². The molecule has 2 heteroatoms. The molecule has 0 spiro atoms. The van der Waals surface area contributed by atoms with Crippen LogP contribution < -0.4 is 5.32 Å². The molecule has 0 aromatic heterocycles. The molecule has 1 aromatic carbocycles. The van der Waals surface area contributed by atoms with Gasteiger partial charge < -0.3 is 5.32 Å². The van der Waals surface area contributed by atoms with E-state index in [1.807, 2.05) is 0 Å². The van der Waals surface area contributed by atoms with Gasteiger partial charge in [0.15, 0.2) is 0 Å². The smallest absolute Gasteiger partial charge is 0.0297 e. The summed E-state index contributed by atoms with van der Waals surface area (Å²) >= 11 is 2.06. The molecule has 1 aromatic rings. The van der Waals surface area contributed by atoms with Gasteiger partial charge in [0.2, 0.25) is 0 Å². The Labute approximate surface area is 96.7 Å². The maximum Gasteiger partial charge on any atom is 0.0297 e. The molecule has 0 aliphatic carbocycles. The first-order chi connectivity index (χ1) is 7.27. The van der Waals surface area contributed by atoms with Crippen LogP contribution in [-0.4, -0.2) is 17.5 Å². The zero-order valence-electron chi connectivity index (χ0n) is 9.49. The maximum absolute atomic E-state index is 3.72. The average Bonchev–Trinajstić information content (AvgIpc) is 2.71. The van der Waals surface area contributed by atoms with Crippen LogP contribution in [0.25, 0.3) is 0 Å². The third-order valence-corrected chi connectivity index (χ3v) is 4.23. The molecule has 82 valence electrons. The van der Waals surface area contributed by atoms with E-state index in [-0.39, 0.29) is 0 Å². The molecule has 0 amide bonds. The molecule has 1 saturated heterocycles. The van der Waals surface area contributed by atoms with E-state index in [0.717, 1.165) is 0 Å². The molecule has 0 radical (unpaired) electrons. The summed E-state index contributed by atoms with van der Waals surface area (Å²) < 4.78 is 0. The van der Waals surface area contributed by atoms with Crippen molar-refractivity contribution in [2.45, 2.75) is 32.4 Å². The van der Waals surface area contributed by atoms with Gasteiger partial charge in [-0.25, -0.2) is 0 Å². The standard InChI is InChI=1S/C13H19NS/c1-10-5-3-4-6-13(10)11(2)14-12-7-8-15-9-12/h3-6,11-12,14H,7-9H2,1-2H3/t11-,12?/m0/s1. The number of hydrogen-bond acceptors (Lipinski definition) is 2. The number of nitrogens with one attached hydrogen (secondary N) is 1. The van der Waals surface area contributed by atoms with Crippen molar-refractivity contribution < 1.29 is 0 Å². The molecule has 1 nitrogen and oxygen atoms in total. The van der Waals surface area contributed by atoms with E-state index in [1.54, 1.807) is 0 Å². The van der Waals surface area contributed by atoms with Crippen molar-refractivity contribution in [2.75, 3.05) is 11.5 Å². The molecule has 1 aliphatic heterocycles. The Kier molecular flexibility index (Phi) is 3.71. The second-order valence-corrected chi connectivity index (χ2v) is 5.46. The lowest BCUT2D eigenvalue weighted by molar-refractivity contribution is 0.485. The van der Waals surface area contributed by atoms with Crippen LogP contribution in [0.2, 0.25) is 0 Å². The zero-order valence-corrected chi connectivity index (χ0v) is 10.3. The van der Waals surface area contributed by atoms with E-state index >= 15 is 0 Å². The highest BCUT2D eigenvalue weighted by molar-refractivity contribution is 7.99. The molecule has 1 N–H and O–H groups in total. The van der Waals surface area contributed by atoms with Crippen LogP contribution in [0.15, 0.2) is 24.3 Å². The van der Waals surface area contributed by atoms with Crippen LogP contribution in [0.1, 0.15) is 30.5 Å². The quantitative estimate of drug-likeness (QED) is 0.841. The lowest BCUT2D eigenvalue weighted by atomic mass is 10.0. The Morgan fingerprint density at radius 2 is 2.20 bits per heavy atom. The molecule has 1 heterocycles. The van der Waals surface area contributed by atoms with Gasteiger partial charge in [-0.2, -0.15) is 11.8 Å². The van der Waals surface area contributed by atoms with E-state index in [9.17, 15) is 0 Å². The van der Waals surface area contributed by atoms with Gasteiger partial charge in [-0.15, -0.1) is 0 Å². The highest BCUT2D eigenvalue weighted by Gasteiger charge is 2.18. The van der Waals surface area contributed by atoms with Gasteiger partial charge in [0.1, 0.15) is 0 Å². The SMILES string of the molecule is Cc1ccccc1[C@H](C)NC1CCSC1. The Morgan fingerprint density at radius 3 is 2.87 bits per heavy atom. The number of thioether (sulfide) groups is 1. The number of aryl methyl sites for hydroxylation is 1. The highest BCUT2D eigenvalue weighted by Crippen LogP contribution is 2.22. The van der Waals surface area contributed by atoms with Gasteiger partial charge in [-0.05, 0) is 37.1 Å². The third kappa shape index (κ3) is 2.76. The molecule has 0 bridgehead atoms. The van der Waals surface area contributed by atoms with Crippen molar-refractivity contribution in [3.8, 4) is 0 Å². The third-order valence-electron chi connectivity index (χ3n) is 3.07. The second kappa shape index (κ2) is 5.04. The normalized spacial score (nSPS) is 22.9. The summed E-state index contributed by atoms with van der Waals surface area (Å²) in [6.07, 6.45) is 1.32. The van der Waals surface area contributed by atoms with Crippen molar-refractivity contribution in [3.05, 3.63) is 35.4 Å². The lowest BCUT2D eigenvalue weighted by Crippen LogP contribution is -2.31. The highest BCUT2D eigenvalue weighted by atomic mass is 32.2. The Morgan fingerprint density at radius 1 is 1.40 bits per heavy atom. The van der Waals surface area contributed by atoms with Crippen molar-refractivity contribution in [1.29, 1.82) is 0 Å². The van der Waals surface area contributed by atoms with Gasteiger partial charge in [-0.1, -0.05) is 24.3 Å². The molecular formula is C13H19NS. The number of rotatable bonds is 3. The molecular weight excluding hydrogens is 202 g/mol. The van der Waals surface area contributed by atoms with Gasteiger partial charge in [-0.3, -0.25) is 0 Å². The molecule has 1 fully saturated rings. The van der Waals surface area contributed by atoms with E-state index < -0.39 is 0 Å². The molecule has 1 aliphatic rings. The zero-order chi connectivity index (χ0) is 10.7. The Hall–Kier alpha value is -0.470. The fourth-order valence-corrected chi connectivity index (χ4v) is 3.35. The van der Waals surface area contributed by atoms with Crippen molar-refractivity contribution >= 4 is 11.8 Å². The predicted octanol–water partition coefficient (Wildman–Crippen LogP) is 3.15. The van der Waals surface area contributed by atoms with Crippen molar-refractivity contribution in [3.63, 3.8) is 0 Å². The molecule has 2 rings (SSSR count). The fraction of sp³-hybridized carbons (Fsp3) is 0.538. The van der Waals surface area contributed by atoms with Gasteiger partial charge in [0.25, 0.3) is 0 Å². The Balaban J connectivity index is 2.00. The van der Waals surface area contributed by atoms with Crippen LogP contribution in [0, 0.1) is 6.92 Å². The van der Waals surface area contributed by atoms with Gasteiger partial charge >= 0.3 is 0 Å². The maximum atomic E-state index is 3.72. The van der Waals surface area contributed by atoms with Crippen molar-refractivity contribution in [2.24, 2.45) is 0 Å². The molecule has 1 unspecified atom stereocenters. The summed E-state index contributed by atoms with van der Waals surface area (Å²) in [6.45, 7) is 4.46. The van der Waals surface area contributed by atoms with E-state index in [0.29, 0.717) is 12.1 Å². The predicted molar refractivity (Wildman–Crippen MR) is 68.5 cm³/mol. The Bertz CT molecular complexity index is 318. The summed E-state index contributed by atoms with van der Waals surface area (Å²) in [5.41, 5.74) is 2.83. The minimum Gasteiger partial charge on any atom is -0.307 e. The first-order valence-electron chi connectivity index (χ1n) is 5.66. The van der Waals surface area contributed by atoms with Gasteiger partial charge in [0, 0.05) is 17.8 Å². The van der Waals surface area contributed by atoms with E-state index in [1.165, 1.54) is 29.1 Å². The summed E-state index contributed by atoms with van der Waals surface area (Å²) in [4.78, 5) is 0. The first-order valence-corrected chi connectivity index (χ1v) is 6.82. The van der Waals surface area contributed by atoms with Crippen LogP contribution in [-0.2, 0) is 0 Å². The summed E-state index contributed by atoms with van der Waals surface area (Å²) in [5, 5.41) is 3.72. The summed E-state index contributed by atoms with van der Waals surface area (Å²) in [7, 11) is 0. The summed E-state index contributed by atoms with van der Waals surface area (Å²) in [5.74, 6) is 2.59. The number of benzene rings is 1. The van der Waals surface area contributed by atoms with Crippen LogP contribution in [0.4, 0.5) is 0 Å². The van der Waals surface area contributed by atoms with Crippen LogP contribution in [0.5, 0.6) is 0 Å². The largest absolute Gasteiger partial charge is 0.307 e. The van der Waals surface area contributed by atoms with Crippen molar-refractivity contribution in [1.82, 2.24) is 5.32 Å². The minimum absolute atomic E-state index is 0.481. The average molecular weight is 221 g/mol. The lowest BCUT2D eigenvalue weighted by Gasteiger charge is -2.20. The monoisotopic (exact) mass is 221 g/mol.